The number of carbonyl (C=O) groups excluding carboxylic acids is 1. The van der Waals surface area contributed by atoms with E-state index >= 15 is 0 Å². The number of piperidine rings is 1. The lowest BCUT2D eigenvalue weighted by molar-refractivity contribution is -0.128. The molecule has 1 atom stereocenters. The average molecular weight is 542 g/mol. The van der Waals surface area contributed by atoms with Crippen LogP contribution in [0.1, 0.15) is 31.7 Å². The summed E-state index contributed by atoms with van der Waals surface area (Å²) in [5.41, 5.74) is 8.25. The van der Waals surface area contributed by atoms with Crippen molar-refractivity contribution in [1.29, 1.82) is 5.26 Å². The minimum atomic E-state index is -0.676. The zero-order valence-corrected chi connectivity index (χ0v) is 21.4. The smallest absolute Gasteiger partial charge is 0.264 e. The Labute approximate surface area is 228 Å². The second-order valence-electron chi connectivity index (χ2n) is 10.0. The van der Waals surface area contributed by atoms with E-state index in [1.165, 1.54) is 6.33 Å². The molecule has 9 nitrogen and oxygen atoms in total. The van der Waals surface area contributed by atoms with Crippen molar-refractivity contribution in [3.63, 3.8) is 0 Å². The number of halogens is 2. The Morgan fingerprint density at radius 1 is 1.12 bits per heavy atom. The van der Waals surface area contributed by atoms with E-state index in [4.69, 9.17) is 15.6 Å². The Hall–Kier alpha value is -4.85. The average Bonchev–Trinajstić information content (AvgIpc) is 3.71. The number of ether oxygens (including phenoxy) is 1. The molecule has 2 aliphatic rings. The number of benzene rings is 2. The maximum atomic E-state index is 14.0. The number of nitrogen functional groups attached to an aromatic ring is 1. The van der Waals surface area contributed by atoms with Gasteiger partial charge in [0.1, 0.15) is 41.0 Å². The molecule has 6 rings (SSSR count). The molecular formula is C29H25F2N7O2. The zero-order valence-electron chi connectivity index (χ0n) is 21.4. The maximum Gasteiger partial charge on any atom is 0.264 e. The van der Waals surface area contributed by atoms with Gasteiger partial charge in [-0.1, -0.05) is 6.08 Å². The molecule has 0 unspecified atom stereocenters. The number of nitrogens with two attached hydrogens (primary N) is 1. The first kappa shape index (κ1) is 25.4. The topological polar surface area (TPSA) is 123 Å². The molecule has 0 radical (unpaired) electrons. The number of nitriles is 1. The number of amides is 1. The molecule has 3 heterocycles. The fourth-order valence-corrected chi connectivity index (χ4v) is 4.98. The molecule has 202 valence electrons. The highest BCUT2D eigenvalue weighted by Gasteiger charge is 2.31. The van der Waals surface area contributed by atoms with Gasteiger partial charge >= 0.3 is 0 Å². The molecule has 2 aromatic carbocycles. The summed E-state index contributed by atoms with van der Waals surface area (Å²) < 4.78 is 34.9. The van der Waals surface area contributed by atoms with Crippen LogP contribution in [-0.4, -0.2) is 43.6 Å². The molecule has 2 aromatic heterocycles. The third-order valence-corrected chi connectivity index (χ3v) is 7.17. The van der Waals surface area contributed by atoms with Crippen molar-refractivity contribution in [2.75, 3.05) is 18.8 Å². The molecular weight excluding hydrogens is 516 g/mol. The van der Waals surface area contributed by atoms with Crippen molar-refractivity contribution in [2.45, 2.75) is 31.7 Å². The van der Waals surface area contributed by atoms with Crippen LogP contribution >= 0.6 is 0 Å². The lowest BCUT2D eigenvalue weighted by Gasteiger charge is -2.32. The fraction of sp³-hybridized carbons (Fsp3) is 0.276. The van der Waals surface area contributed by atoms with E-state index in [1.807, 2.05) is 0 Å². The van der Waals surface area contributed by atoms with Gasteiger partial charge in [-0.25, -0.2) is 23.4 Å². The van der Waals surface area contributed by atoms with Gasteiger partial charge in [-0.05, 0) is 68.0 Å². The number of carbonyl (C=O) groups is 1. The number of anilines is 1. The van der Waals surface area contributed by atoms with E-state index < -0.39 is 11.6 Å². The summed E-state index contributed by atoms with van der Waals surface area (Å²) in [6, 6.07) is 11.6. The summed E-state index contributed by atoms with van der Waals surface area (Å²) >= 11 is 0. The van der Waals surface area contributed by atoms with Crippen LogP contribution in [0.25, 0.3) is 22.3 Å². The number of nitrogens with zero attached hydrogens (tertiary/aromatic N) is 6. The van der Waals surface area contributed by atoms with Gasteiger partial charge in [-0.3, -0.25) is 4.79 Å². The summed E-state index contributed by atoms with van der Waals surface area (Å²) in [7, 11) is 0. The van der Waals surface area contributed by atoms with E-state index in [9.17, 15) is 18.8 Å². The van der Waals surface area contributed by atoms with Crippen LogP contribution in [0.5, 0.6) is 11.5 Å². The summed E-state index contributed by atoms with van der Waals surface area (Å²) in [6.07, 6.45) is 6.71. The highest BCUT2D eigenvalue weighted by atomic mass is 19.1. The molecule has 1 aliphatic carbocycles. The Kier molecular flexibility index (Phi) is 6.59. The summed E-state index contributed by atoms with van der Waals surface area (Å²) in [5, 5.41) is 15.0. The molecule has 0 spiro atoms. The maximum absolute atomic E-state index is 14.0. The van der Waals surface area contributed by atoms with Crippen LogP contribution in [0.15, 0.2) is 60.4 Å². The van der Waals surface area contributed by atoms with Crippen molar-refractivity contribution in [2.24, 2.45) is 5.92 Å². The van der Waals surface area contributed by atoms with Crippen molar-refractivity contribution < 1.29 is 18.3 Å². The number of rotatable bonds is 6. The molecule has 40 heavy (non-hydrogen) atoms. The molecule has 0 bridgehead atoms. The molecule has 1 aliphatic heterocycles. The summed E-state index contributed by atoms with van der Waals surface area (Å²) in [6.45, 7) is 0.949. The fourth-order valence-electron chi connectivity index (χ4n) is 4.98. The van der Waals surface area contributed by atoms with E-state index in [1.54, 1.807) is 39.9 Å². The molecule has 2 N–H and O–H groups in total. The summed E-state index contributed by atoms with van der Waals surface area (Å²) in [4.78, 5) is 23.5. The van der Waals surface area contributed by atoms with Crippen LogP contribution in [0, 0.1) is 28.9 Å². The monoisotopic (exact) mass is 541 g/mol. The number of fused-ring (bicyclic) bond motifs is 1. The lowest BCUT2D eigenvalue weighted by atomic mass is 10.0. The minimum absolute atomic E-state index is 0.178. The lowest BCUT2D eigenvalue weighted by Crippen LogP contribution is -2.41. The molecule has 1 amide bonds. The van der Waals surface area contributed by atoms with Crippen LogP contribution < -0.4 is 10.5 Å². The second kappa shape index (κ2) is 10.4. The molecule has 4 aromatic rings. The quantitative estimate of drug-likeness (QED) is 0.264. The number of hydrogen-bond donors (Lipinski definition) is 1. The Morgan fingerprint density at radius 2 is 1.93 bits per heavy atom. The van der Waals surface area contributed by atoms with Gasteiger partial charge in [0.05, 0.1) is 11.4 Å². The van der Waals surface area contributed by atoms with Gasteiger partial charge in [0.2, 0.25) is 0 Å². The van der Waals surface area contributed by atoms with Gasteiger partial charge in [0, 0.05) is 24.7 Å². The van der Waals surface area contributed by atoms with Gasteiger partial charge in [-0.15, -0.1) is 0 Å². The van der Waals surface area contributed by atoms with Crippen LogP contribution in [0.2, 0.25) is 0 Å². The van der Waals surface area contributed by atoms with Crippen LogP contribution in [-0.2, 0) is 4.79 Å². The third kappa shape index (κ3) is 4.96. The standard InChI is InChI=1S/C29H25F2N7O2/c30-20-7-10-23(31)24(13-20)40-22-8-5-18(6-9-22)26-25-27(33)34-16-35-28(25)38(36-26)21-2-1-11-37(15-21)29(39)19(14-32)12-17-3-4-17/h5-10,12-13,16-17,21H,1-4,11,15H2,(H2,33,34,35)/t21-/m0/s1. The SMILES string of the molecule is N#CC(=CC1CC1)C(=O)N1CCC[C@H](n2nc(-c3ccc(Oc4cc(F)ccc4F)cc3)c3c(N)ncnc32)C1. The molecule has 2 fully saturated rings. The third-order valence-electron chi connectivity index (χ3n) is 7.17. The van der Waals surface area contributed by atoms with Crippen LogP contribution in [0.3, 0.4) is 0 Å². The van der Waals surface area contributed by atoms with Gasteiger partial charge in [-0.2, -0.15) is 10.4 Å². The van der Waals surface area contributed by atoms with Crippen molar-refractivity contribution >= 4 is 22.8 Å². The first-order valence-corrected chi connectivity index (χ1v) is 13.0. The highest BCUT2D eigenvalue weighted by Crippen LogP contribution is 2.36. The predicted molar refractivity (Wildman–Crippen MR) is 143 cm³/mol. The van der Waals surface area contributed by atoms with E-state index in [0.29, 0.717) is 47.0 Å². The van der Waals surface area contributed by atoms with Crippen molar-refractivity contribution in [3.05, 3.63) is 72.1 Å². The zero-order chi connectivity index (χ0) is 27.8. The van der Waals surface area contributed by atoms with E-state index in [0.717, 1.165) is 43.9 Å². The number of likely N-dealkylation sites (tertiary alicyclic amines) is 1. The van der Waals surface area contributed by atoms with Gasteiger partial charge < -0.3 is 15.4 Å². The molecule has 11 heteroatoms. The predicted octanol–water partition coefficient (Wildman–Crippen LogP) is 5.17. The summed E-state index contributed by atoms with van der Waals surface area (Å²) in [5.74, 6) is -0.859. The van der Waals surface area contributed by atoms with Crippen LogP contribution in [0.4, 0.5) is 14.6 Å². The first-order valence-electron chi connectivity index (χ1n) is 13.0. The number of hydrogen-bond acceptors (Lipinski definition) is 7. The van der Waals surface area contributed by atoms with Gasteiger partial charge in [0.15, 0.2) is 17.2 Å². The Bertz CT molecular complexity index is 1670. The number of allylic oxidation sites excluding steroid dienone is 1. The normalized spacial score (nSPS) is 17.6. The highest BCUT2D eigenvalue weighted by molar-refractivity contribution is 5.99. The first-order chi connectivity index (χ1) is 19.4. The van der Waals surface area contributed by atoms with E-state index in [-0.39, 0.29) is 29.1 Å². The second-order valence-corrected chi connectivity index (χ2v) is 10.0. The minimum Gasteiger partial charge on any atom is -0.454 e. The Morgan fingerprint density at radius 3 is 2.67 bits per heavy atom. The molecule has 1 saturated heterocycles. The largest absolute Gasteiger partial charge is 0.454 e. The van der Waals surface area contributed by atoms with E-state index in [2.05, 4.69) is 16.0 Å². The number of aromatic nitrogens is 4. The van der Waals surface area contributed by atoms with Crippen molar-refractivity contribution in [1.82, 2.24) is 24.6 Å². The molecule has 1 saturated carbocycles. The van der Waals surface area contributed by atoms with Gasteiger partial charge in [0.25, 0.3) is 5.91 Å². The Balaban J connectivity index is 1.30. The van der Waals surface area contributed by atoms with Crippen molar-refractivity contribution in [3.8, 4) is 28.8 Å².